The highest BCUT2D eigenvalue weighted by molar-refractivity contribution is 7.25. The van der Waals surface area contributed by atoms with E-state index >= 15 is 0 Å². The molecule has 0 atom stereocenters. The lowest BCUT2D eigenvalue weighted by Gasteiger charge is -2.08. The molecule has 7 nitrogen and oxygen atoms in total. The van der Waals surface area contributed by atoms with E-state index in [1.54, 1.807) is 17.7 Å². The summed E-state index contributed by atoms with van der Waals surface area (Å²) >= 11 is 1.58. The standard InChI is InChI=1S/C21H19N7S/c1-12-13(2)26-27-21-17(12)18-19(29-21)20(24-11-23-18)22-10-14-4-6-15(7-5-14)16-8-9-25-28(16)3/h4-9,11H,10H2,1-3H3,(H,22,23,24). The molecule has 4 heterocycles. The number of nitrogens with zero attached hydrogens (tertiary/aromatic N) is 6. The molecular formula is C21H19N7S. The zero-order chi connectivity index (χ0) is 20.0. The smallest absolute Gasteiger partial charge is 0.149 e. The van der Waals surface area contributed by atoms with Gasteiger partial charge in [0.25, 0.3) is 0 Å². The fourth-order valence-electron chi connectivity index (χ4n) is 3.44. The molecule has 144 valence electrons. The highest BCUT2D eigenvalue weighted by atomic mass is 32.1. The second kappa shape index (κ2) is 6.89. The number of fused-ring (bicyclic) bond motifs is 3. The zero-order valence-corrected chi connectivity index (χ0v) is 17.2. The van der Waals surface area contributed by atoms with E-state index in [4.69, 9.17) is 0 Å². The van der Waals surface area contributed by atoms with Crippen LogP contribution in [0.2, 0.25) is 0 Å². The van der Waals surface area contributed by atoms with Crippen LogP contribution in [-0.2, 0) is 13.6 Å². The Bertz CT molecular complexity index is 1330. The molecule has 0 bridgehead atoms. The topological polar surface area (TPSA) is 81.4 Å². The molecule has 8 heteroatoms. The normalized spacial score (nSPS) is 11.4. The SMILES string of the molecule is Cc1nnc2sc3c(NCc4ccc(-c5ccnn5C)cc4)ncnc3c2c1C. The quantitative estimate of drug-likeness (QED) is 0.484. The maximum absolute atomic E-state index is 4.52. The molecule has 1 aromatic carbocycles. The Kier molecular flexibility index (Phi) is 4.21. The number of aryl methyl sites for hydroxylation is 3. The summed E-state index contributed by atoms with van der Waals surface area (Å²) in [5, 5.41) is 17.4. The van der Waals surface area contributed by atoms with Gasteiger partial charge in [-0.2, -0.15) is 10.2 Å². The summed E-state index contributed by atoms with van der Waals surface area (Å²) in [6.45, 7) is 4.72. The average molecular weight is 401 g/mol. The summed E-state index contributed by atoms with van der Waals surface area (Å²) in [6, 6.07) is 10.5. The predicted molar refractivity (Wildman–Crippen MR) is 116 cm³/mol. The lowest BCUT2D eigenvalue weighted by molar-refractivity contribution is 0.776. The summed E-state index contributed by atoms with van der Waals surface area (Å²) in [4.78, 5) is 9.88. The van der Waals surface area contributed by atoms with Crippen molar-refractivity contribution in [3.8, 4) is 11.3 Å². The predicted octanol–water partition coefficient (Wildman–Crippen LogP) is 4.26. The van der Waals surface area contributed by atoms with Crippen LogP contribution in [0.25, 0.3) is 31.7 Å². The fraction of sp³-hybridized carbons (Fsp3) is 0.190. The van der Waals surface area contributed by atoms with Gasteiger partial charge in [0.15, 0.2) is 0 Å². The van der Waals surface area contributed by atoms with Crippen LogP contribution in [0.4, 0.5) is 5.82 Å². The number of hydrogen-bond donors (Lipinski definition) is 1. The van der Waals surface area contributed by atoms with E-state index in [-0.39, 0.29) is 0 Å². The van der Waals surface area contributed by atoms with Crippen molar-refractivity contribution in [3.63, 3.8) is 0 Å². The molecule has 0 saturated heterocycles. The average Bonchev–Trinajstić information content (AvgIpc) is 3.33. The van der Waals surface area contributed by atoms with Crippen molar-refractivity contribution in [2.24, 2.45) is 7.05 Å². The van der Waals surface area contributed by atoms with Crippen molar-refractivity contribution in [2.75, 3.05) is 5.32 Å². The lowest BCUT2D eigenvalue weighted by atomic mass is 10.1. The van der Waals surface area contributed by atoms with Gasteiger partial charge in [0.1, 0.15) is 17.0 Å². The number of benzene rings is 1. The second-order valence-corrected chi connectivity index (χ2v) is 7.98. The maximum Gasteiger partial charge on any atom is 0.149 e. The van der Waals surface area contributed by atoms with Gasteiger partial charge in [-0.05, 0) is 36.6 Å². The van der Waals surface area contributed by atoms with Crippen molar-refractivity contribution in [3.05, 3.63) is 59.7 Å². The van der Waals surface area contributed by atoms with E-state index in [1.807, 2.05) is 30.9 Å². The van der Waals surface area contributed by atoms with Crippen LogP contribution in [-0.4, -0.2) is 29.9 Å². The molecule has 5 aromatic rings. The molecule has 0 spiro atoms. The Balaban J connectivity index is 1.44. The van der Waals surface area contributed by atoms with Crippen LogP contribution in [0, 0.1) is 13.8 Å². The summed E-state index contributed by atoms with van der Waals surface area (Å²) < 4.78 is 2.89. The van der Waals surface area contributed by atoms with Crippen molar-refractivity contribution in [2.45, 2.75) is 20.4 Å². The van der Waals surface area contributed by atoms with Gasteiger partial charge >= 0.3 is 0 Å². The third-order valence-corrected chi connectivity index (χ3v) is 6.26. The number of thiophene rings is 1. The summed E-state index contributed by atoms with van der Waals surface area (Å²) in [6.07, 6.45) is 3.42. The van der Waals surface area contributed by atoms with Crippen LogP contribution < -0.4 is 5.32 Å². The first-order chi connectivity index (χ1) is 14.1. The first-order valence-corrected chi connectivity index (χ1v) is 10.1. The summed E-state index contributed by atoms with van der Waals surface area (Å²) in [5.74, 6) is 0.825. The lowest BCUT2D eigenvalue weighted by Crippen LogP contribution is -2.02. The van der Waals surface area contributed by atoms with Gasteiger partial charge in [0.05, 0.1) is 21.6 Å². The molecule has 0 aliphatic carbocycles. The van der Waals surface area contributed by atoms with E-state index in [2.05, 4.69) is 61.8 Å². The van der Waals surface area contributed by atoms with E-state index in [9.17, 15) is 0 Å². The third kappa shape index (κ3) is 3.01. The molecule has 0 unspecified atom stereocenters. The van der Waals surface area contributed by atoms with Gasteiger partial charge in [-0.25, -0.2) is 9.97 Å². The minimum absolute atomic E-state index is 0.676. The zero-order valence-electron chi connectivity index (χ0n) is 16.3. The molecule has 0 saturated carbocycles. The van der Waals surface area contributed by atoms with Crippen LogP contribution in [0.1, 0.15) is 16.8 Å². The monoisotopic (exact) mass is 401 g/mol. The minimum atomic E-state index is 0.676. The molecule has 4 aromatic heterocycles. The number of anilines is 1. The van der Waals surface area contributed by atoms with Gasteiger partial charge < -0.3 is 5.32 Å². The Labute approximate surface area is 171 Å². The van der Waals surface area contributed by atoms with Gasteiger partial charge in [0, 0.05) is 25.2 Å². The van der Waals surface area contributed by atoms with Crippen molar-refractivity contribution in [1.82, 2.24) is 29.9 Å². The highest BCUT2D eigenvalue weighted by Crippen LogP contribution is 2.36. The number of aromatic nitrogens is 6. The molecule has 1 N–H and O–H groups in total. The van der Waals surface area contributed by atoms with E-state index in [1.165, 1.54) is 5.56 Å². The molecular weight excluding hydrogens is 382 g/mol. The summed E-state index contributed by atoms with van der Waals surface area (Å²) in [5.41, 5.74) is 6.40. The molecule has 0 radical (unpaired) electrons. The van der Waals surface area contributed by atoms with Crippen molar-refractivity contribution < 1.29 is 0 Å². The van der Waals surface area contributed by atoms with E-state index in [0.717, 1.165) is 48.8 Å². The number of hydrogen-bond acceptors (Lipinski definition) is 7. The Morgan fingerprint density at radius 1 is 1.03 bits per heavy atom. The fourth-order valence-corrected chi connectivity index (χ4v) is 4.54. The van der Waals surface area contributed by atoms with Gasteiger partial charge in [-0.1, -0.05) is 24.3 Å². The van der Waals surface area contributed by atoms with Gasteiger partial charge in [0.2, 0.25) is 0 Å². The first kappa shape index (κ1) is 17.7. The van der Waals surface area contributed by atoms with Crippen molar-refractivity contribution in [1.29, 1.82) is 0 Å². The van der Waals surface area contributed by atoms with Crippen LogP contribution in [0.15, 0.2) is 42.9 Å². The molecule has 29 heavy (non-hydrogen) atoms. The summed E-state index contributed by atoms with van der Waals surface area (Å²) in [7, 11) is 1.95. The molecule has 0 fully saturated rings. The van der Waals surface area contributed by atoms with Crippen LogP contribution >= 0.6 is 11.3 Å². The largest absolute Gasteiger partial charge is 0.365 e. The molecule has 0 amide bonds. The molecule has 5 rings (SSSR count). The van der Waals surface area contributed by atoms with Crippen LogP contribution in [0.3, 0.4) is 0 Å². The minimum Gasteiger partial charge on any atom is -0.365 e. The third-order valence-electron chi connectivity index (χ3n) is 5.19. The molecule has 0 aliphatic rings. The number of nitrogens with one attached hydrogen (secondary N) is 1. The van der Waals surface area contributed by atoms with E-state index in [0.29, 0.717) is 6.54 Å². The van der Waals surface area contributed by atoms with Crippen molar-refractivity contribution >= 4 is 37.6 Å². The van der Waals surface area contributed by atoms with Gasteiger partial charge in [-0.3, -0.25) is 4.68 Å². The Morgan fingerprint density at radius 2 is 1.86 bits per heavy atom. The Hall–Kier alpha value is -3.39. The second-order valence-electron chi connectivity index (χ2n) is 6.98. The van der Waals surface area contributed by atoms with E-state index < -0.39 is 0 Å². The highest BCUT2D eigenvalue weighted by Gasteiger charge is 2.15. The first-order valence-electron chi connectivity index (χ1n) is 9.30. The Morgan fingerprint density at radius 3 is 2.62 bits per heavy atom. The van der Waals surface area contributed by atoms with Gasteiger partial charge in [-0.15, -0.1) is 16.4 Å². The number of rotatable bonds is 4. The maximum atomic E-state index is 4.52. The van der Waals surface area contributed by atoms with Crippen LogP contribution in [0.5, 0.6) is 0 Å². The molecule has 0 aliphatic heterocycles.